The van der Waals surface area contributed by atoms with Crippen LogP contribution in [-0.4, -0.2) is 72.9 Å². The van der Waals surface area contributed by atoms with Gasteiger partial charge in [-0.2, -0.15) is 0 Å². The molecule has 2 heterocycles. The van der Waals surface area contributed by atoms with Crippen molar-refractivity contribution in [1.82, 2.24) is 4.57 Å². The van der Waals surface area contributed by atoms with Crippen molar-refractivity contribution in [3.05, 3.63) is 28.7 Å². The van der Waals surface area contributed by atoms with Crippen molar-refractivity contribution in [2.45, 2.75) is 50.4 Å². The van der Waals surface area contributed by atoms with E-state index < -0.39 is 55.6 Å². The molecule has 1 aliphatic rings. The monoisotopic (exact) mass is 458 g/mol. The summed E-state index contributed by atoms with van der Waals surface area (Å²) in [6, 6.07) is 2.28. The van der Waals surface area contributed by atoms with Crippen molar-refractivity contribution >= 4 is 32.0 Å². The van der Waals surface area contributed by atoms with E-state index in [1.54, 1.807) is 0 Å². The standard InChI is InChI=1S/C17H22B2F2N2O9/c1-19(28)32-15-11(9-30-14(27)5-3-4-13(25)26)31-16(17(15,20)21)23-7-6-10(8-12(23)24)22-18-29-2/h6-8,11,15-16,28H,3-5,9H2,1-2H3,(H,25,26)/t11-,15?,16-/m1/s1. The zero-order valence-corrected chi connectivity index (χ0v) is 17.3. The van der Waals surface area contributed by atoms with Crippen molar-refractivity contribution in [1.29, 1.82) is 0 Å². The number of carbonyl (C=O) groups is 2. The van der Waals surface area contributed by atoms with Gasteiger partial charge in [-0.3, -0.25) is 4.79 Å². The molecule has 1 fully saturated rings. The second-order valence-electron chi connectivity index (χ2n) is 6.89. The topological polar surface area (TPSA) is 146 Å². The summed E-state index contributed by atoms with van der Waals surface area (Å²) < 4.78 is 50.6. The molecule has 1 aromatic heterocycles. The Kier molecular flexibility index (Phi) is 9.04. The fraction of sp³-hybridized carbons (Fsp3) is 0.588. The van der Waals surface area contributed by atoms with Crippen LogP contribution in [0.25, 0.3) is 0 Å². The summed E-state index contributed by atoms with van der Waals surface area (Å²) >= 11 is 0. The minimum absolute atomic E-state index is 0.0133. The van der Waals surface area contributed by atoms with E-state index >= 15 is 8.78 Å². The molecule has 174 valence electrons. The van der Waals surface area contributed by atoms with Gasteiger partial charge in [-0.25, -0.2) is 0 Å². The summed E-state index contributed by atoms with van der Waals surface area (Å²) in [5.41, 5.74) is -0.680. The summed E-state index contributed by atoms with van der Waals surface area (Å²) in [5.74, 6) is -5.68. The van der Waals surface area contributed by atoms with Gasteiger partial charge in [0, 0.05) is 6.42 Å². The van der Waals surface area contributed by atoms with Crippen LogP contribution in [0.3, 0.4) is 0 Å². The Hall–Kier alpha value is -2.64. The summed E-state index contributed by atoms with van der Waals surface area (Å²) in [6.07, 6.45) is -5.05. The number of nitrogens with zero attached hydrogens (tertiary/aromatic N) is 2. The Morgan fingerprint density at radius 1 is 1.41 bits per heavy atom. The summed E-state index contributed by atoms with van der Waals surface area (Å²) in [4.78, 5) is 38.4. The predicted octanol–water partition coefficient (Wildman–Crippen LogP) is 0.755. The van der Waals surface area contributed by atoms with Gasteiger partial charge in [0.05, 0.1) is 0 Å². The van der Waals surface area contributed by atoms with Crippen LogP contribution in [0, 0.1) is 0 Å². The molecular formula is C17H22B2F2N2O9. The quantitative estimate of drug-likeness (QED) is 0.363. The molecule has 0 spiro atoms. The number of rotatable bonds is 11. The Balaban J connectivity index is 2.18. The van der Waals surface area contributed by atoms with Gasteiger partial charge < -0.3 is 5.11 Å². The molecule has 1 unspecified atom stereocenters. The zero-order chi connectivity index (χ0) is 23.9. The molecule has 0 aromatic carbocycles. The van der Waals surface area contributed by atoms with Crippen molar-refractivity contribution in [2.75, 3.05) is 13.7 Å². The van der Waals surface area contributed by atoms with Gasteiger partial charge >= 0.3 is 159 Å². The molecule has 1 aromatic rings. The normalized spacial score (nSPS) is 21.8. The number of carboxylic acid groups (broad SMARTS) is 1. The molecule has 32 heavy (non-hydrogen) atoms. The van der Waals surface area contributed by atoms with E-state index in [1.165, 1.54) is 13.2 Å². The van der Waals surface area contributed by atoms with Crippen LogP contribution in [0.4, 0.5) is 14.5 Å². The molecule has 2 rings (SSSR count). The number of aliphatic carboxylic acids is 1. The Morgan fingerprint density at radius 3 is 2.72 bits per heavy atom. The van der Waals surface area contributed by atoms with Gasteiger partial charge in [0.1, 0.15) is 0 Å². The SMILES string of the molecule is COB=Nc1ccn([C@@H]2O[C@H](COC(=O)CCCC(=O)O)C(OB(C)O)C2(F)F)c(=O)c1. The number of alkyl halides is 2. The molecule has 3 atom stereocenters. The molecule has 15 heteroatoms. The number of carboxylic acids is 1. The van der Waals surface area contributed by atoms with E-state index in [0.717, 1.165) is 26.4 Å². The maximum absolute atomic E-state index is 15.1. The van der Waals surface area contributed by atoms with Crippen molar-refractivity contribution in [2.24, 2.45) is 4.90 Å². The average Bonchev–Trinajstić information content (AvgIpc) is 2.94. The average molecular weight is 458 g/mol. The van der Waals surface area contributed by atoms with E-state index in [4.69, 9.17) is 19.2 Å². The van der Waals surface area contributed by atoms with Gasteiger partial charge in [0.2, 0.25) is 0 Å². The third-order valence-electron chi connectivity index (χ3n) is 4.37. The molecular weight excluding hydrogens is 436 g/mol. The van der Waals surface area contributed by atoms with Crippen molar-refractivity contribution in [3.63, 3.8) is 0 Å². The van der Waals surface area contributed by atoms with E-state index in [2.05, 4.69) is 9.55 Å². The molecule has 0 aliphatic carbocycles. The van der Waals surface area contributed by atoms with E-state index in [0.29, 0.717) is 4.57 Å². The van der Waals surface area contributed by atoms with Gasteiger partial charge in [-0.15, -0.1) is 0 Å². The molecule has 0 radical (unpaired) electrons. The number of halogens is 2. The molecule has 0 saturated carbocycles. The van der Waals surface area contributed by atoms with E-state index in [1.807, 2.05) is 0 Å². The van der Waals surface area contributed by atoms with E-state index in [9.17, 15) is 19.4 Å². The van der Waals surface area contributed by atoms with Crippen LogP contribution in [0.2, 0.25) is 6.82 Å². The number of esters is 1. The van der Waals surface area contributed by atoms with Crippen molar-refractivity contribution < 1.29 is 47.3 Å². The second kappa shape index (κ2) is 11.3. The maximum atomic E-state index is 15.1. The number of aromatic nitrogens is 1. The fourth-order valence-electron chi connectivity index (χ4n) is 2.98. The number of ether oxygens (including phenoxy) is 2. The Morgan fingerprint density at radius 2 is 2.12 bits per heavy atom. The molecule has 0 bridgehead atoms. The first-order chi connectivity index (χ1) is 15.1. The third kappa shape index (κ3) is 6.68. The number of hydrogen-bond acceptors (Lipinski definition) is 9. The third-order valence-corrected chi connectivity index (χ3v) is 4.37. The van der Waals surface area contributed by atoms with Crippen LogP contribution in [-0.2, 0) is 28.4 Å². The van der Waals surface area contributed by atoms with Crippen LogP contribution in [0.15, 0.2) is 28.0 Å². The van der Waals surface area contributed by atoms with Crippen LogP contribution >= 0.6 is 0 Å². The van der Waals surface area contributed by atoms with Crippen LogP contribution < -0.4 is 5.56 Å². The second-order valence-corrected chi connectivity index (χ2v) is 6.89. The Labute approximate surface area is 182 Å². The first kappa shape index (κ1) is 25.6. The van der Waals surface area contributed by atoms with Crippen LogP contribution in [0.1, 0.15) is 25.5 Å². The van der Waals surface area contributed by atoms with Gasteiger partial charge in [-0.05, 0) is 6.42 Å². The first-order valence-corrected chi connectivity index (χ1v) is 9.58. The molecule has 0 amide bonds. The number of pyridine rings is 1. The zero-order valence-electron chi connectivity index (χ0n) is 17.3. The molecule has 11 nitrogen and oxygen atoms in total. The summed E-state index contributed by atoms with van der Waals surface area (Å²) in [6.45, 7) is 0.466. The van der Waals surface area contributed by atoms with Crippen molar-refractivity contribution in [3.8, 4) is 0 Å². The molecule has 2 N–H and O–H groups in total. The van der Waals surface area contributed by atoms with Gasteiger partial charge in [0.25, 0.3) is 0 Å². The Bertz CT molecular complexity index is 897. The summed E-state index contributed by atoms with van der Waals surface area (Å²) in [5, 5.41) is 18.1. The number of hydrogen-bond donors (Lipinski definition) is 2. The molecule has 1 saturated heterocycles. The predicted molar refractivity (Wildman–Crippen MR) is 106 cm³/mol. The van der Waals surface area contributed by atoms with Gasteiger partial charge in [-0.1, -0.05) is 0 Å². The fourth-order valence-corrected chi connectivity index (χ4v) is 2.98. The summed E-state index contributed by atoms with van der Waals surface area (Å²) in [7, 11) is 0.816. The van der Waals surface area contributed by atoms with Crippen LogP contribution in [0.5, 0.6) is 0 Å². The number of carbonyl (C=O) groups excluding carboxylic acids is 1. The van der Waals surface area contributed by atoms with Gasteiger partial charge in [0.15, 0.2) is 0 Å². The first-order valence-electron chi connectivity index (χ1n) is 9.58. The molecule has 1 aliphatic heterocycles. The van der Waals surface area contributed by atoms with E-state index in [-0.39, 0.29) is 24.9 Å². The minimum atomic E-state index is -3.78.